The average Bonchev–Trinajstić information content (AvgIpc) is 2.85. The maximum absolute atomic E-state index is 13.8. The van der Waals surface area contributed by atoms with E-state index in [1.54, 1.807) is 0 Å². The molecule has 0 aromatic heterocycles. The van der Waals surface area contributed by atoms with Crippen molar-refractivity contribution in [3.63, 3.8) is 0 Å². The number of thioether (sulfide) groups is 1. The number of nitrogens with one attached hydrogen (secondary N) is 3. The molecule has 0 spiro atoms. The van der Waals surface area contributed by atoms with Gasteiger partial charge in [0, 0.05) is 31.9 Å². The Labute approximate surface area is 201 Å². The minimum atomic E-state index is -1.08. The van der Waals surface area contributed by atoms with Crippen molar-refractivity contribution in [3.05, 3.63) is 66.0 Å². The molecular weight excluding hydrogens is 459 g/mol. The van der Waals surface area contributed by atoms with E-state index in [1.165, 1.54) is 36.0 Å². The Morgan fingerprint density at radius 2 is 1.74 bits per heavy atom. The monoisotopic (exact) mass is 486 g/mol. The van der Waals surface area contributed by atoms with Gasteiger partial charge in [-0.1, -0.05) is 30.3 Å². The maximum atomic E-state index is 13.8. The summed E-state index contributed by atoms with van der Waals surface area (Å²) in [6.45, 7) is 2.77. The summed E-state index contributed by atoms with van der Waals surface area (Å²) < 4.78 is 13.8. The number of piperazine rings is 1. The average molecular weight is 487 g/mol. The number of carbonyl (C=O) groups is 3. The van der Waals surface area contributed by atoms with Crippen molar-refractivity contribution in [1.29, 1.82) is 0 Å². The van der Waals surface area contributed by atoms with Gasteiger partial charge in [0.15, 0.2) is 0 Å². The van der Waals surface area contributed by atoms with Gasteiger partial charge in [-0.3, -0.25) is 19.7 Å². The van der Waals surface area contributed by atoms with E-state index < -0.39 is 35.3 Å². The molecule has 3 unspecified atom stereocenters. The second kappa shape index (κ2) is 10.9. The summed E-state index contributed by atoms with van der Waals surface area (Å²) in [6.07, 6.45) is -0.897. The number of nitrogens with zero attached hydrogens (tertiary/aromatic N) is 2. The van der Waals surface area contributed by atoms with Gasteiger partial charge in [0.25, 0.3) is 5.91 Å². The van der Waals surface area contributed by atoms with Crippen LogP contribution in [0.25, 0.3) is 0 Å². The molecule has 180 valence electrons. The summed E-state index contributed by atoms with van der Waals surface area (Å²) in [5.74, 6) is -1.77. The van der Waals surface area contributed by atoms with E-state index in [0.717, 1.165) is 18.8 Å². The van der Waals surface area contributed by atoms with Crippen LogP contribution in [-0.2, 0) is 9.59 Å². The van der Waals surface area contributed by atoms with Crippen LogP contribution in [0, 0.1) is 5.82 Å². The molecule has 0 bridgehead atoms. The largest absolute Gasteiger partial charge is 0.368 e. The number of amides is 3. The van der Waals surface area contributed by atoms with Crippen molar-refractivity contribution in [1.82, 2.24) is 20.9 Å². The lowest BCUT2D eigenvalue weighted by molar-refractivity contribution is -0.129. The summed E-state index contributed by atoms with van der Waals surface area (Å²) in [4.78, 5) is 41.6. The maximum Gasteiger partial charge on any atom is 0.254 e. The molecule has 2 fully saturated rings. The molecule has 3 amide bonds. The van der Waals surface area contributed by atoms with E-state index in [2.05, 4.69) is 33.0 Å². The molecule has 5 N–H and O–H groups in total. The Morgan fingerprint density at radius 3 is 2.41 bits per heavy atom. The zero-order chi connectivity index (χ0) is 24.1. The number of rotatable bonds is 6. The highest BCUT2D eigenvalue weighted by molar-refractivity contribution is 8.00. The van der Waals surface area contributed by atoms with Crippen LogP contribution in [0.4, 0.5) is 10.1 Å². The molecule has 4 rings (SSSR count). The lowest BCUT2D eigenvalue weighted by atomic mass is 10.1. The predicted octanol–water partition coefficient (Wildman–Crippen LogP) is 0.294. The minimum absolute atomic E-state index is 0.0164. The first kappa shape index (κ1) is 24.0. The number of hydrogen-bond donors (Lipinski definition) is 4. The third-order valence-electron chi connectivity index (χ3n) is 5.79. The van der Waals surface area contributed by atoms with E-state index in [9.17, 15) is 18.8 Å². The molecule has 0 saturated carbocycles. The SMILES string of the molecule is NC1NC(SCC(=O)N2CCN(c3ccccc3)CC2)NC(=O)C1NC(=O)c1ccccc1F. The third-order valence-corrected chi connectivity index (χ3v) is 6.79. The van der Waals surface area contributed by atoms with Crippen LogP contribution in [0.15, 0.2) is 54.6 Å². The van der Waals surface area contributed by atoms with E-state index in [-0.39, 0.29) is 17.2 Å². The lowest BCUT2D eigenvalue weighted by Gasteiger charge is -2.37. The van der Waals surface area contributed by atoms with Crippen LogP contribution in [-0.4, -0.2) is 72.3 Å². The van der Waals surface area contributed by atoms with E-state index in [0.29, 0.717) is 13.1 Å². The van der Waals surface area contributed by atoms with Crippen molar-refractivity contribution in [2.75, 3.05) is 36.8 Å². The fourth-order valence-corrected chi connectivity index (χ4v) is 4.85. The van der Waals surface area contributed by atoms with Gasteiger partial charge in [-0.25, -0.2) is 4.39 Å². The van der Waals surface area contributed by atoms with Gasteiger partial charge in [0.2, 0.25) is 11.8 Å². The molecule has 2 aromatic rings. The predicted molar refractivity (Wildman–Crippen MR) is 128 cm³/mol. The van der Waals surface area contributed by atoms with Crippen LogP contribution >= 0.6 is 11.8 Å². The smallest absolute Gasteiger partial charge is 0.254 e. The minimum Gasteiger partial charge on any atom is -0.368 e. The van der Waals surface area contributed by atoms with Crippen LogP contribution in [0.2, 0.25) is 0 Å². The van der Waals surface area contributed by atoms with E-state index in [1.807, 2.05) is 23.1 Å². The fourth-order valence-electron chi connectivity index (χ4n) is 3.90. The van der Waals surface area contributed by atoms with Gasteiger partial charge < -0.3 is 26.2 Å². The van der Waals surface area contributed by atoms with Crippen LogP contribution in [0.3, 0.4) is 0 Å². The number of carbonyl (C=O) groups excluding carboxylic acids is 3. The molecule has 11 heteroatoms. The first-order valence-electron chi connectivity index (χ1n) is 11.0. The number of halogens is 1. The Balaban J connectivity index is 1.23. The number of nitrogens with two attached hydrogens (primary N) is 1. The molecule has 2 aliphatic rings. The Morgan fingerprint density at radius 1 is 1.06 bits per heavy atom. The molecular formula is C23H27FN6O3S. The molecule has 9 nitrogen and oxygen atoms in total. The summed E-state index contributed by atoms with van der Waals surface area (Å²) >= 11 is 1.22. The van der Waals surface area contributed by atoms with E-state index >= 15 is 0 Å². The van der Waals surface area contributed by atoms with Gasteiger partial charge in [0.1, 0.15) is 17.4 Å². The Kier molecular flexibility index (Phi) is 7.66. The van der Waals surface area contributed by atoms with Crippen molar-refractivity contribution in [2.45, 2.75) is 17.7 Å². The normalized spacial score (nSPS) is 22.8. The van der Waals surface area contributed by atoms with Crippen LogP contribution in [0.1, 0.15) is 10.4 Å². The van der Waals surface area contributed by atoms with Crippen molar-refractivity contribution >= 4 is 35.2 Å². The van der Waals surface area contributed by atoms with Crippen molar-refractivity contribution < 1.29 is 18.8 Å². The Bertz CT molecular complexity index is 1030. The second-order valence-corrected chi connectivity index (χ2v) is 9.12. The third kappa shape index (κ3) is 5.66. The van der Waals surface area contributed by atoms with Gasteiger partial charge in [-0.15, -0.1) is 11.8 Å². The molecule has 2 aromatic carbocycles. The first-order chi connectivity index (χ1) is 16.4. The van der Waals surface area contributed by atoms with Crippen LogP contribution < -0.4 is 26.6 Å². The second-order valence-electron chi connectivity index (χ2n) is 8.03. The number of anilines is 1. The van der Waals surface area contributed by atoms with Gasteiger partial charge >= 0.3 is 0 Å². The molecule has 34 heavy (non-hydrogen) atoms. The first-order valence-corrected chi connectivity index (χ1v) is 12.0. The topological polar surface area (TPSA) is 120 Å². The molecule has 2 saturated heterocycles. The zero-order valence-electron chi connectivity index (χ0n) is 18.4. The Hall–Kier alpha value is -3.15. The summed E-state index contributed by atoms with van der Waals surface area (Å²) in [6, 6.07) is 14.5. The standard InChI is InChI=1S/C23H27FN6O3S/c24-17-9-5-4-8-16(17)21(32)26-19-20(25)27-23(28-22(19)33)34-14-18(31)30-12-10-29(11-13-30)15-6-2-1-3-7-15/h1-9,19-20,23,27H,10-14,25H2,(H,26,32)(H,28,33). The summed E-state index contributed by atoms with van der Waals surface area (Å²) in [7, 11) is 0. The fraction of sp³-hybridized carbons (Fsp3) is 0.348. The summed E-state index contributed by atoms with van der Waals surface area (Å²) in [5.41, 5.74) is 6.44. The van der Waals surface area contributed by atoms with Crippen LogP contribution in [0.5, 0.6) is 0 Å². The molecule has 2 aliphatic heterocycles. The molecule has 0 aliphatic carbocycles. The highest BCUT2D eigenvalue weighted by Gasteiger charge is 2.36. The number of para-hydroxylation sites is 1. The van der Waals surface area contributed by atoms with Crippen molar-refractivity contribution in [3.8, 4) is 0 Å². The quantitative estimate of drug-likeness (QED) is 0.464. The van der Waals surface area contributed by atoms with Crippen molar-refractivity contribution in [2.24, 2.45) is 5.73 Å². The van der Waals surface area contributed by atoms with Gasteiger partial charge in [-0.05, 0) is 24.3 Å². The molecule has 3 atom stereocenters. The van der Waals surface area contributed by atoms with Gasteiger partial charge in [-0.2, -0.15) is 0 Å². The molecule has 2 heterocycles. The molecule has 0 radical (unpaired) electrons. The highest BCUT2D eigenvalue weighted by atomic mass is 32.2. The number of benzene rings is 2. The van der Waals surface area contributed by atoms with Gasteiger partial charge in [0.05, 0.1) is 17.5 Å². The summed E-state index contributed by atoms with van der Waals surface area (Å²) in [5, 5.41) is 8.14. The number of hydrogen-bond acceptors (Lipinski definition) is 7. The van der Waals surface area contributed by atoms with E-state index in [4.69, 9.17) is 5.73 Å². The highest BCUT2D eigenvalue weighted by Crippen LogP contribution is 2.17. The zero-order valence-corrected chi connectivity index (χ0v) is 19.3. The lowest BCUT2D eigenvalue weighted by Crippen LogP contribution is -2.70.